The maximum atomic E-state index is 5.94. The molecule has 1 fully saturated rings. The third kappa shape index (κ3) is 1.73. The van der Waals surface area contributed by atoms with Crippen LogP contribution < -0.4 is 15.6 Å². The van der Waals surface area contributed by atoms with Crippen LogP contribution in [0.4, 0.5) is 5.82 Å². The zero-order valence-electron chi connectivity index (χ0n) is 8.72. The van der Waals surface area contributed by atoms with Gasteiger partial charge in [-0.1, -0.05) is 0 Å². The molecule has 0 spiro atoms. The highest BCUT2D eigenvalue weighted by Crippen LogP contribution is 2.20. The average molecular weight is 193 g/mol. The summed E-state index contributed by atoms with van der Waals surface area (Å²) >= 11 is 0. The highest BCUT2D eigenvalue weighted by Gasteiger charge is 2.27. The quantitative estimate of drug-likeness (QED) is 0.638. The lowest BCUT2D eigenvalue weighted by atomic mass is 9.96. The largest absolute Gasteiger partial charge is 0.331 e. The Kier molecular flexibility index (Phi) is 2.68. The van der Waals surface area contributed by atoms with Crippen molar-refractivity contribution in [1.82, 2.24) is 0 Å². The molecule has 0 saturated carbocycles. The number of pyridine rings is 1. The van der Waals surface area contributed by atoms with Gasteiger partial charge in [0.2, 0.25) is 0 Å². The number of aromatic nitrogens is 1. The first-order valence-corrected chi connectivity index (χ1v) is 5.37. The van der Waals surface area contributed by atoms with E-state index in [1.54, 1.807) is 4.90 Å². The third-order valence-electron chi connectivity index (χ3n) is 3.21. The summed E-state index contributed by atoms with van der Waals surface area (Å²) in [5.74, 6) is 0.832. The zero-order valence-corrected chi connectivity index (χ0v) is 8.72. The molecule has 1 aromatic heterocycles. The molecule has 1 aliphatic heterocycles. The Morgan fingerprint density at radius 3 is 3.07 bits per heavy atom. The second-order valence-electron chi connectivity index (χ2n) is 4.18. The van der Waals surface area contributed by atoms with Crippen LogP contribution in [-0.4, -0.2) is 13.6 Å². The maximum Gasteiger partial charge on any atom is 0.279 e. The Balaban J connectivity index is 2.25. The fourth-order valence-corrected chi connectivity index (χ4v) is 2.36. The summed E-state index contributed by atoms with van der Waals surface area (Å²) in [7, 11) is 2.26. The van der Waals surface area contributed by atoms with Gasteiger partial charge in [-0.3, -0.25) is 5.73 Å². The molecular weight excluding hydrogens is 174 g/mol. The van der Waals surface area contributed by atoms with Gasteiger partial charge in [0.15, 0.2) is 0 Å². The van der Waals surface area contributed by atoms with Crippen LogP contribution in [0, 0.1) is 0 Å². The minimum Gasteiger partial charge on any atom is -0.331 e. The van der Waals surface area contributed by atoms with E-state index in [9.17, 15) is 0 Å². The Morgan fingerprint density at radius 1 is 1.50 bits per heavy atom. The fourth-order valence-electron chi connectivity index (χ4n) is 2.36. The van der Waals surface area contributed by atoms with Crippen molar-refractivity contribution < 1.29 is 9.88 Å². The maximum absolute atomic E-state index is 5.94. The van der Waals surface area contributed by atoms with Crippen molar-refractivity contribution in [2.75, 3.05) is 19.3 Å². The van der Waals surface area contributed by atoms with Gasteiger partial charge in [0, 0.05) is 6.42 Å². The molecule has 3 heteroatoms. The number of hydrogen-bond donors (Lipinski definition) is 2. The van der Waals surface area contributed by atoms with E-state index in [1.807, 2.05) is 12.3 Å². The zero-order chi connectivity index (χ0) is 9.97. The standard InChI is InChI=1S/C11H17N3/c1-14-8-3-2-6-10(14)9-5-4-7-13-11(9)12/h4-5,7,10H,2-3,6,8H2,1H3,(H2,12,13)/p+2/t10-/m1/s1. The number of nitrogen functional groups attached to an aromatic ring is 1. The van der Waals surface area contributed by atoms with E-state index in [-0.39, 0.29) is 0 Å². The van der Waals surface area contributed by atoms with Gasteiger partial charge in [-0.05, 0) is 25.0 Å². The molecule has 2 atom stereocenters. The fraction of sp³-hybridized carbons (Fsp3) is 0.545. The van der Waals surface area contributed by atoms with Crippen LogP contribution in [0.5, 0.6) is 0 Å². The molecular formula is C11H19N3+2. The molecule has 0 amide bonds. The summed E-state index contributed by atoms with van der Waals surface area (Å²) in [6, 6.07) is 4.76. The lowest BCUT2D eigenvalue weighted by Crippen LogP contribution is -3.10. The van der Waals surface area contributed by atoms with Crippen molar-refractivity contribution in [2.45, 2.75) is 25.3 Å². The summed E-state index contributed by atoms with van der Waals surface area (Å²) in [6.45, 7) is 1.26. The van der Waals surface area contributed by atoms with E-state index in [0.29, 0.717) is 6.04 Å². The Hall–Kier alpha value is -1.09. The molecule has 76 valence electrons. The molecule has 0 aliphatic carbocycles. The van der Waals surface area contributed by atoms with Crippen molar-refractivity contribution in [2.24, 2.45) is 0 Å². The van der Waals surface area contributed by atoms with Gasteiger partial charge in [0.05, 0.1) is 25.4 Å². The molecule has 1 unspecified atom stereocenters. The Bertz CT molecular complexity index is 311. The van der Waals surface area contributed by atoms with Crippen molar-refractivity contribution in [1.29, 1.82) is 0 Å². The highest BCUT2D eigenvalue weighted by atomic mass is 15.1. The summed E-state index contributed by atoms with van der Waals surface area (Å²) in [4.78, 5) is 4.67. The minimum absolute atomic E-state index is 0.584. The van der Waals surface area contributed by atoms with E-state index in [0.717, 1.165) is 5.82 Å². The normalized spacial score (nSPS) is 27.5. The van der Waals surface area contributed by atoms with Crippen LogP contribution in [0.2, 0.25) is 0 Å². The van der Waals surface area contributed by atoms with Gasteiger partial charge in [-0.15, -0.1) is 0 Å². The molecule has 0 radical (unpaired) electrons. The van der Waals surface area contributed by atoms with Gasteiger partial charge < -0.3 is 4.90 Å². The van der Waals surface area contributed by atoms with Crippen molar-refractivity contribution >= 4 is 5.82 Å². The molecule has 1 aromatic rings. The van der Waals surface area contributed by atoms with E-state index in [2.05, 4.69) is 18.1 Å². The van der Waals surface area contributed by atoms with E-state index < -0.39 is 0 Å². The number of aromatic amines is 1. The summed E-state index contributed by atoms with van der Waals surface area (Å²) < 4.78 is 0. The molecule has 3 nitrogen and oxygen atoms in total. The number of nitrogens with two attached hydrogens (primary N) is 1. The smallest absolute Gasteiger partial charge is 0.279 e. The summed E-state index contributed by atoms with van der Waals surface area (Å²) in [5.41, 5.74) is 7.23. The predicted octanol–water partition coefficient (Wildman–Crippen LogP) is -0.177. The molecule has 4 N–H and O–H groups in total. The monoisotopic (exact) mass is 193 g/mol. The number of rotatable bonds is 1. The predicted molar refractivity (Wildman–Crippen MR) is 55.8 cm³/mol. The number of hydrogen-bond acceptors (Lipinski definition) is 1. The van der Waals surface area contributed by atoms with Crippen LogP contribution in [0.3, 0.4) is 0 Å². The SMILES string of the molecule is C[NH+]1CCCC[C@@H]1c1ccc[nH+]c1N. The van der Waals surface area contributed by atoms with Gasteiger partial charge in [0.25, 0.3) is 5.82 Å². The average Bonchev–Trinajstić information content (AvgIpc) is 2.20. The highest BCUT2D eigenvalue weighted by molar-refractivity contribution is 5.34. The first-order valence-electron chi connectivity index (χ1n) is 5.37. The molecule has 1 aliphatic rings. The van der Waals surface area contributed by atoms with E-state index >= 15 is 0 Å². The van der Waals surface area contributed by atoms with Gasteiger partial charge >= 0.3 is 0 Å². The topological polar surface area (TPSA) is 44.6 Å². The lowest BCUT2D eigenvalue weighted by molar-refractivity contribution is -0.917. The van der Waals surface area contributed by atoms with Crippen LogP contribution in [0.1, 0.15) is 30.9 Å². The number of quaternary nitrogens is 1. The number of nitrogens with one attached hydrogen (secondary N) is 2. The number of H-pyrrole nitrogens is 1. The van der Waals surface area contributed by atoms with Crippen molar-refractivity contribution in [3.8, 4) is 0 Å². The van der Waals surface area contributed by atoms with E-state index in [4.69, 9.17) is 5.73 Å². The van der Waals surface area contributed by atoms with Crippen molar-refractivity contribution in [3.63, 3.8) is 0 Å². The Morgan fingerprint density at radius 2 is 2.36 bits per heavy atom. The summed E-state index contributed by atoms with van der Waals surface area (Å²) in [5, 5.41) is 0. The molecule has 2 heterocycles. The minimum atomic E-state index is 0.584. The molecule has 14 heavy (non-hydrogen) atoms. The molecule has 0 aromatic carbocycles. The number of anilines is 1. The second kappa shape index (κ2) is 3.96. The molecule has 1 saturated heterocycles. The van der Waals surface area contributed by atoms with Crippen LogP contribution >= 0.6 is 0 Å². The first kappa shape index (κ1) is 9.46. The van der Waals surface area contributed by atoms with Gasteiger partial charge in [-0.2, -0.15) is 0 Å². The van der Waals surface area contributed by atoms with Crippen LogP contribution in [0.25, 0.3) is 0 Å². The Labute approximate surface area is 84.9 Å². The van der Waals surface area contributed by atoms with Gasteiger partial charge in [0.1, 0.15) is 6.04 Å². The molecule has 2 rings (SSSR count). The van der Waals surface area contributed by atoms with Gasteiger partial charge in [-0.25, -0.2) is 4.98 Å². The summed E-state index contributed by atoms with van der Waals surface area (Å²) in [6.07, 6.45) is 5.82. The first-order chi connectivity index (χ1) is 6.79. The van der Waals surface area contributed by atoms with Crippen LogP contribution in [-0.2, 0) is 0 Å². The van der Waals surface area contributed by atoms with E-state index in [1.165, 1.54) is 31.4 Å². The third-order valence-corrected chi connectivity index (χ3v) is 3.21. The second-order valence-corrected chi connectivity index (χ2v) is 4.18. The number of piperidine rings is 1. The van der Waals surface area contributed by atoms with Crippen molar-refractivity contribution in [3.05, 3.63) is 23.9 Å². The number of likely N-dealkylation sites (tertiary alicyclic amines) is 1. The lowest BCUT2D eigenvalue weighted by Gasteiger charge is -2.28. The van der Waals surface area contributed by atoms with Crippen LogP contribution in [0.15, 0.2) is 18.3 Å². The molecule has 0 bridgehead atoms.